The standard InChI is InChI=1S/C23H22ClF5N6O/c1-13-7-22(25,26)12-35(17(13)8-31-19-10-30-18(9-32-19)23(27,28)29)21(36)20-16(11-34(2)33-20)14-3-5-15(24)6-4-14/h3-6,9-11,13,17H,7-8,12H2,1-2H3,(H,31,32)/t13?,17-/m1/s1. The topological polar surface area (TPSA) is 75.9 Å². The fraction of sp³-hybridized carbons (Fsp3) is 0.391. The second kappa shape index (κ2) is 9.64. The van der Waals surface area contributed by atoms with Gasteiger partial charge in [-0.3, -0.25) is 9.48 Å². The molecule has 13 heteroatoms. The largest absolute Gasteiger partial charge is 0.434 e. The molecule has 2 aromatic heterocycles. The zero-order valence-corrected chi connectivity index (χ0v) is 20.0. The predicted octanol–water partition coefficient (Wildman–Crippen LogP) is 5.15. The highest BCUT2D eigenvalue weighted by Crippen LogP contribution is 2.36. The fourth-order valence-corrected chi connectivity index (χ4v) is 4.40. The molecule has 4 rings (SSSR count). The number of likely N-dealkylation sites (tertiary alicyclic amines) is 1. The number of nitrogens with zero attached hydrogens (tertiary/aromatic N) is 5. The van der Waals surface area contributed by atoms with Gasteiger partial charge in [0.05, 0.1) is 25.0 Å². The third kappa shape index (κ3) is 5.58. The first-order chi connectivity index (χ1) is 16.8. The number of anilines is 1. The third-order valence-electron chi connectivity index (χ3n) is 5.96. The molecule has 0 bridgehead atoms. The first kappa shape index (κ1) is 25.8. The van der Waals surface area contributed by atoms with Gasteiger partial charge in [0.15, 0.2) is 11.4 Å². The minimum absolute atomic E-state index is 0.00374. The molecule has 0 radical (unpaired) electrons. The highest BCUT2D eigenvalue weighted by molar-refractivity contribution is 6.30. The van der Waals surface area contributed by atoms with Crippen LogP contribution in [0.25, 0.3) is 11.1 Å². The Kier molecular flexibility index (Phi) is 6.91. The van der Waals surface area contributed by atoms with Crippen LogP contribution in [0.1, 0.15) is 29.5 Å². The zero-order valence-electron chi connectivity index (χ0n) is 19.2. The molecule has 1 aromatic carbocycles. The highest BCUT2D eigenvalue weighted by Gasteiger charge is 2.47. The number of amides is 1. The first-order valence-corrected chi connectivity index (χ1v) is 11.3. The summed E-state index contributed by atoms with van der Waals surface area (Å²) in [5.74, 6) is -4.40. The number of hydrogen-bond donors (Lipinski definition) is 1. The van der Waals surface area contributed by atoms with E-state index < -0.39 is 48.6 Å². The Morgan fingerprint density at radius 3 is 2.50 bits per heavy atom. The lowest BCUT2D eigenvalue weighted by Crippen LogP contribution is -2.57. The van der Waals surface area contributed by atoms with Crippen molar-refractivity contribution in [3.8, 4) is 11.1 Å². The van der Waals surface area contributed by atoms with Crippen LogP contribution in [0.2, 0.25) is 5.02 Å². The van der Waals surface area contributed by atoms with Gasteiger partial charge in [-0.15, -0.1) is 0 Å². The van der Waals surface area contributed by atoms with Gasteiger partial charge in [0.1, 0.15) is 5.82 Å². The Bertz CT molecular complexity index is 1230. The molecule has 192 valence electrons. The molecule has 0 aliphatic carbocycles. The summed E-state index contributed by atoms with van der Waals surface area (Å²) in [7, 11) is 1.62. The summed E-state index contributed by atoms with van der Waals surface area (Å²) in [4.78, 5) is 21.7. The Labute approximate surface area is 208 Å². The molecule has 0 saturated carbocycles. The van der Waals surface area contributed by atoms with Crippen molar-refractivity contribution in [1.82, 2.24) is 24.6 Å². The monoisotopic (exact) mass is 528 g/mol. The van der Waals surface area contributed by atoms with E-state index in [2.05, 4.69) is 20.4 Å². The van der Waals surface area contributed by atoms with Crippen LogP contribution in [0.4, 0.5) is 27.8 Å². The molecule has 2 atom stereocenters. The van der Waals surface area contributed by atoms with Gasteiger partial charge in [-0.1, -0.05) is 30.7 Å². The van der Waals surface area contributed by atoms with Crippen LogP contribution in [0, 0.1) is 5.92 Å². The number of alkyl halides is 5. The maximum Gasteiger partial charge on any atom is 0.434 e. The summed E-state index contributed by atoms with van der Waals surface area (Å²) >= 11 is 5.96. The molecule has 1 unspecified atom stereocenters. The minimum Gasteiger partial charge on any atom is -0.367 e. The van der Waals surface area contributed by atoms with E-state index >= 15 is 0 Å². The van der Waals surface area contributed by atoms with E-state index in [1.807, 2.05) is 0 Å². The number of halogens is 6. The Morgan fingerprint density at radius 1 is 1.19 bits per heavy atom. The summed E-state index contributed by atoms with van der Waals surface area (Å²) in [5, 5.41) is 7.56. The molecule has 3 heterocycles. The number of aromatic nitrogens is 4. The quantitative estimate of drug-likeness (QED) is 0.464. The van der Waals surface area contributed by atoms with E-state index in [0.29, 0.717) is 22.3 Å². The van der Waals surface area contributed by atoms with Gasteiger partial charge in [0, 0.05) is 36.8 Å². The first-order valence-electron chi connectivity index (χ1n) is 11.0. The van der Waals surface area contributed by atoms with E-state index in [-0.39, 0.29) is 18.1 Å². The van der Waals surface area contributed by atoms with E-state index in [4.69, 9.17) is 11.6 Å². The summed E-state index contributed by atoms with van der Waals surface area (Å²) in [6.45, 7) is 0.751. The van der Waals surface area contributed by atoms with Crippen molar-refractivity contribution >= 4 is 23.3 Å². The van der Waals surface area contributed by atoms with E-state index in [0.717, 1.165) is 11.1 Å². The molecule has 1 fully saturated rings. The van der Waals surface area contributed by atoms with Crippen LogP contribution in [0.5, 0.6) is 0 Å². The maximum atomic E-state index is 14.6. The lowest BCUT2D eigenvalue weighted by Gasteiger charge is -2.43. The summed E-state index contributed by atoms with van der Waals surface area (Å²) < 4.78 is 68.8. The Balaban J connectivity index is 1.60. The van der Waals surface area contributed by atoms with Crippen molar-refractivity contribution in [2.24, 2.45) is 13.0 Å². The maximum absolute atomic E-state index is 14.6. The number of rotatable bonds is 5. The second-order valence-corrected chi connectivity index (χ2v) is 9.21. The zero-order chi connectivity index (χ0) is 26.3. The van der Waals surface area contributed by atoms with Gasteiger partial charge in [-0.25, -0.2) is 18.7 Å². The van der Waals surface area contributed by atoms with E-state index in [1.54, 1.807) is 44.4 Å². The number of aryl methyl sites for hydroxylation is 1. The van der Waals surface area contributed by atoms with Crippen LogP contribution in [-0.4, -0.2) is 55.6 Å². The van der Waals surface area contributed by atoms with Crippen molar-refractivity contribution in [2.45, 2.75) is 31.5 Å². The number of carbonyl (C=O) groups excluding carboxylic acids is 1. The lowest BCUT2D eigenvalue weighted by atomic mass is 9.88. The lowest BCUT2D eigenvalue weighted by molar-refractivity contribution is -0.141. The van der Waals surface area contributed by atoms with Crippen molar-refractivity contribution in [3.63, 3.8) is 0 Å². The number of benzene rings is 1. The average Bonchev–Trinajstić information content (AvgIpc) is 3.19. The minimum atomic E-state index is -4.64. The molecule has 1 amide bonds. The molecule has 0 spiro atoms. The molecular formula is C23H22ClF5N6O. The van der Waals surface area contributed by atoms with Crippen molar-refractivity contribution < 1.29 is 26.7 Å². The van der Waals surface area contributed by atoms with Gasteiger partial charge in [-0.05, 0) is 23.6 Å². The highest BCUT2D eigenvalue weighted by atomic mass is 35.5. The van der Waals surface area contributed by atoms with Crippen molar-refractivity contribution in [3.05, 3.63) is 59.3 Å². The molecular weight excluding hydrogens is 507 g/mol. The summed E-state index contributed by atoms with van der Waals surface area (Å²) in [6, 6.07) is 5.99. The number of nitrogens with one attached hydrogen (secondary N) is 1. The van der Waals surface area contributed by atoms with Crippen molar-refractivity contribution in [2.75, 3.05) is 18.4 Å². The average molecular weight is 529 g/mol. The molecule has 1 N–H and O–H groups in total. The van der Waals surface area contributed by atoms with Crippen molar-refractivity contribution in [1.29, 1.82) is 0 Å². The molecule has 1 saturated heterocycles. The van der Waals surface area contributed by atoms with E-state index in [9.17, 15) is 26.7 Å². The number of hydrogen-bond acceptors (Lipinski definition) is 5. The van der Waals surface area contributed by atoms with Crippen LogP contribution >= 0.6 is 11.6 Å². The fourth-order valence-electron chi connectivity index (χ4n) is 4.28. The van der Waals surface area contributed by atoms with Gasteiger partial charge in [-0.2, -0.15) is 18.3 Å². The summed E-state index contributed by atoms with van der Waals surface area (Å²) in [5.41, 5.74) is -0.0483. The molecule has 7 nitrogen and oxygen atoms in total. The normalized spacial score (nSPS) is 19.8. The van der Waals surface area contributed by atoms with Gasteiger partial charge < -0.3 is 10.2 Å². The summed E-state index contributed by atoms with van der Waals surface area (Å²) in [6.07, 6.45) is -1.98. The predicted molar refractivity (Wildman–Crippen MR) is 123 cm³/mol. The second-order valence-electron chi connectivity index (χ2n) is 8.78. The smallest absolute Gasteiger partial charge is 0.367 e. The SMILES string of the molecule is CC1CC(F)(F)CN(C(=O)c2nn(C)cc2-c2ccc(Cl)cc2)[C@@H]1CNc1cnc(C(F)(F)F)cn1. The molecule has 1 aliphatic heterocycles. The van der Waals surface area contributed by atoms with Gasteiger partial charge >= 0.3 is 6.18 Å². The molecule has 36 heavy (non-hydrogen) atoms. The van der Waals surface area contributed by atoms with Crippen LogP contribution in [0.15, 0.2) is 42.9 Å². The Morgan fingerprint density at radius 2 is 1.89 bits per heavy atom. The van der Waals surface area contributed by atoms with Crippen LogP contribution < -0.4 is 5.32 Å². The number of piperidine rings is 1. The third-order valence-corrected chi connectivity index (χ3v) is 6.21. The van der Waals surface area contributed by atoms with E-state index in [1.165, 1.54) is 4.68 Å². The van der Waals surface area contributed by atoms with Crippen LogP contribution in [0.3, 0.4) is 0 Å². The van der Waals surface area contributed by atoms with Gasteiger partial charge in [0.25, 0.3) is 11.8 Å². The molecule has 3 aromatic rings. The molecule has 1 aliphatic rings. The number of carbonyl (C=O) groups is 1. The Hall–Kier alpha value is -3.28. The van der Waals surface area contributed by atoms with Gasteiger partial charge in [0.2, 0.25) is 0 Å². The van der Waals surface area contributed by atoms with Crippen LogP contribution in [-0.2, 0) is 13.2 Å².